The smallest absolute Gasteiger partial charge is 0.141 e. The highest BCUT2D eigenvalue weighted by atomic mass is 19.1. The van der Waals surface area contributed by atoms with E-state index in [0.29, 0.717) is 18.9 Å². The Morgan fingerprint density at radius 3 is 2.92 bits per heavy atom. The van der Waals surface area contributed by atoms with Crippen LogP contribution in [0.4, 0.5) is 4.39 Å². The molecule has 2 rings (SSSR count). The van der Waals surface area contributed by atoms with Crippen molar-refractivity contribution in [2.24, 2.45) is 5.73 Å². The Kier molecular flexibility index (Phi) is 2.01. The summed E-state index contributed by atoms with van der Waals surface area (Å²) in [5.41, 5.74) is 6.20. The van der Waals surface area contributed by atoms with Crippen LogP contribution in [0, 0.1) is 5.82 Å². The molecule has 0 spiro atoms. The van der Waals surface area contributed by atoms with E-state index < -0.39 is 5.54 Å². The van der Waals surface area contributed by atoms with Crippen molar-refractivity contribution in [3.05, 3.63) is 29.8 Å². The van der Waals surface area contributed by atoms with Gasteiger partial charge in [-0.1, -0.05) is 0 Å². The second-order valence-corrected chi connectivity index (χ2v) is 3.32. The third-order valence-electron chi connectivity index (χ3n) is 2.29. The molecule has 70 valence electrons. The maximum absolute atomic E-state index is 12.6. The Labute approximate surface area is 75.7 Å². The zero-order valence-corrected chi connectivity index (χ0v) is 7.16. The molecule has 1 aromatic heterocycles. The highest BCUT2D eigenvalue weighted by Gasteiger charge is 2.33. The van der Waals surface area contributed by atoms with E-state index in [9.17, 15) is 4.39 Å². The van der Waals surface area contributed by atoms with Crippen molar-refractivity contribution in [1.82, 2.24) is 4.98 Å². The lowest BCUT2D eigenvalue weighted by atomic mass is 9.95. The summed E-state index contributed by atoms with van der Waals surface area (Å²) in [6.45, 7) is 1.11. The first-order valence-electron chi connectivity index (χ1n) is 4.19. The molecular weight excluding hydrogens is 171 g/mol. The Balaban J connectivity index is 2.29. The first-order valence-corrected chi connectivity index (χ1v) is 4.19. The van der Waals surface area contributed by atoms with E-state index >= 15 is 0 Å². The minimum absolute atomic E-state index is 0.341. The molecule has 0 aromatic carbocycles. The molecule has 1 fully saturated rings. The highest BCUT2D eigenvalue weighted by Crippen LogP contribution is 2.25. The fourth-order valence-electron chi connectivity index (χ4n) is 1.45. The number of aromatic nitrogens is 1. The van der Waals surface area contributed by atoms with E-state index in [1.54, 1.807) is 6.07 Å². The molecule has 1 aliphatic rings. The molecule has 0 amide bonds. The number of rotatable bonds is 1. The molecular formula is C9H11FN2O. The maximum atomic E-state index is 12.6. The van der Waals surface area contributed by atoms with Gasteiger partial charge in [-0.25, -0.2) is 4.39 Å². The zero-order valence-electron chi connectivity index (χ0n) is 7.16. The lowest BCUT2D eigenvalue weighted by Gasteiger charge is -2.20. The van der Waals surface area contributed by atoms with Crippen molar-refractivity contribution in [1.29, 1.82) is 0 Å². The number of nitrogens with zero attached hydrogens (tertiary/aromatic N) is 1. The van der Waals surface area contributed by atoms with Gasteiger partial charge in [-0.05, 0) is 18.6 Å². The van der Waals surface area contributed by atoms with Gasteiger partial charge >= 0.3 is 0 Å². The molecule has 13 heavy (non-hydrogen) atoms. The molecule has 2 heterocycles. The van der Waals surface area contributed by atoms with E-state index in [1.807, 2.05) is 0 Å². The predicted octanol–water partition coefficient (Wildman–Crippen LogP) is 0.795. The molecule has 1 unspecified atom stereocenters. The first-order chi connectivity index (χ1) is 6.21. The van der Waals surface area contributed by atoms with E-state index in [2.05, 4.69) is 4.98 Å². The van der Waals surface area contributed by atoms with Crippen LogP contribution in [0.2, 0.25) is 0 Å². The average Bonchev–Trinajstić information content (AvgIpc) is 2.54. The largest absolute Gasteiger partial charge is 0.379 e. The summed E-state index contributed by atoms with van der Waals surface area (Å²) in [6.07, 6.45) is 1.92. The lowest BCUT2D eigenvalue weighted by Crippen LogP contribution is -2.37. The number of halogens is 1. The molecule has 0 bridgehead atoms. The fraction of sp³-hybridized carbons (Fsp3) is 0.444. The fourth-order valence-corrected chi connectivity index (χ4v) is 1.45. The predicted molar refractivity (Wildman–Crippen MR) is 45.5 cm³/mol. The Bertz CT molecular complexity index is 293. The number of hydrogen-bond acceptors (Lipinski definition) is 3. The van der Waals surface area contributed by atoms with Gasteiger partial charge in [-0.3, -0.25) is 4.98 Å². The van der Waals surface area contributed by atoms with Crippen molar-refractivity contribution in [2.75, 3.05) is 13.2 Å². The summed E-state index contributed by atoms with van der Waals surface area (Å²) in [6, 6.07) is 2.99. The number of nitrogens with two attached hydrogens (primary N) is 1. The number of ether oxygens (including phenoxy) is 1. The van der Waals surface area contributed by atoms with Crippen molar-refractivity contribution < 1.29 is 9.13 Å². The first kappa shape index (κ1) is 8.59. The van der Waals surface area contributed by atoms with Crippen LogP contribution in [-0.2, 0) is 10.3 Å². The van der Waals surface area contributed by atoms with E-state index in [4.69, 9.17) is 10.5 Å². The quantitative estimate of drug-likeness (QED) is 0.698. The standard InChI is InChI=1S/C9H11FN2O/c10-7-1-2-8(12-5-7)9(11)3-4-13-6-9/h1-2,5H,3-4,6,11H2. The van der Waals surface area contributed by atoms with Gasteiger partial charge in [0.1, 0.15) is 5.82 Å². The Hall–Kier alpha value is -1.00. The van der Waals surface area contributed by atoms with Crippen LogP contribution in [0.25, 0.3) is 0 Å². The van der Waals surface area contributed by atoms with Gasteiger partial charge in [-0.15, -0.1) is 0 Å². The molecule has 3 nitrogen and oxygen atoms in total. The Morgan fingerprint density at radius 2 is 2.38 bits per heavy atom. The molecule has 4 heteroatoms. The van der Waals surface area contributed by atoms with Crippen LogP contribution >= 0.6 is 0 Å². The minimum atomic E-state index is -0.520. The number of pyridine rings is 1. The van der Waals surface area contributed by atoms with E-state index in [1.165, 1.54) is 12.3 Å². The van der Waals surface area contributed by atoms with Gasteiger partial charge in [0.05, 0.1) is 24.0 Å². The van der Waals surface area contributed by atoms with Crippen molar-refractivity contribution >= 4 is 0 Å². The topological polar surface area (TPSA) is 48.1 Å². The molecule has 1 aromatic rings. The monoisotopic (exact) mass is 182 g/mol. The summed E-state index contributed by atoms with van der Waals surface area (Å²) in [4.78, 5) is 3.95. The summed E-state index contributed by atoms with van der Waals surface area (Å²) in [5, 5.41) is 0. The molecule has 2 N–H and O–H groups in total. The van der Waals surface area contributed by atoms with E-state index in [0.717, 1.165) is 6.42 Å². The van der Waals surface area contributed by atoms with Crippen LogP contribution in [0.1, 0.15) is 12.1 Å². The van der Waals surface area contributed by atoms with Crippen LogP contribution in [0.3, 0.4) is 0 Å². The Morgan fingerprint density at radius 1 is 1.54 bits per heavy atom. The SMILES string of the molecule is NC1(c2ccc(F)cn2)CCOC1. The summed E-state index contributed by atoms with van der Waals surface area (Å²) in [5.74, 6) is -0.341. The number of hydrogen-bond donors (Lipinski definition) is 1. The molecule has 1 atom stereocenters. The third kappa shape index (κ3) is 1.55. The highest BCUT2D eigenvalue weighted by molar-refractivity contribution is 5.17. The van der Waals surface area contributed by atoms with Crippen LogP contribution in [0.5, 0.6) is 0 Å². The van der Waals surface area contributed by atoms with Gasteiger partial charge in [0.2, 0.25) is 0 Å². The lowest BCUT2D eigenvalue weighted by molar-refractivity contribution is 0.177. The molecule has 1 saturated heterocycles. The molecule has 1 aliphatic heterocycles. The van der Waals surface area contributed by atoms with Crippen molar-refractivity contribution in [3.63, 3.8) is 0 Å². The molecule has 0 radical (unpaired) electrons. The zero-order chi connectivity index (χ0) is 9.31. The van der Waals surface area contributed by atoms with Gasteiger partial charge in [0, 0.05) is 6.61 Å². The summed E-state index contributed by atoms with van der Waals surface area (Å²) >= 11 is 0. The average molecular weight is 182 g/mol. The van der Waals surface area contributed by atoms with Gasteiger partial charge in [0.25, 0.3) is 0 Å². The molecule has 0 saturated carbocycles. The van der Waals surface area contributed by atoms with Gasteiger partial charge in [0.15, 0.2) is 0 Å². The second kappa shape index (κ2) is 3.05. The third-order valence-corrected chi connectivity index (χ3v) is 2.29. The van der Waals surface area contributed by atoms with Gasteiger partial charge < -0.3 is 10.5 Å². The van der Waals surface area contributed by atoms with Crippen LogP contribution in [-0.4, -0.2) is 18.2 Å². The van der Waals surface area contributed by atoms with Crippen molar-refractivity contribution in [2.45, 2.75) is 12.0 Å². The van der Waals surface area contributed by atoms with Crippen LogP contribution in [0.15, 0.2) is 18.3 Å². The molecule has 0 aliphatic carbocycles. The maximum Gasteiger partial charge on any atom is 0.141 e. The van der Waals surface area contributed by atoms with Gasteiger partial charge in [-0.2, -0.15) is 0 Å². The normalized spacial score (nSPS) is 27.8. The summed E-state index contributed by atoms with van der Waals surface area (Å²) < 4.78 is 17.7. The van der Waals surface area contributed by atoms with Crippen molar-refractivity contribution in [3.8, 4) is 0 Å². The van der Waals surface area contributed by atoms with Crippen LogP contribution < -0.4 is 5.73 Å². The van der Waals surface area contributed by atoms with E-state index in [-0.39, 0.29) is 5.82 Å². The summed E-state index contributed by atoms with van der Waals surface area (Å²) in [7, 11) is 0. The minimum Gasteiger partial charge on any atom is -0.379 e. The second-order valence-electron chi connectivity index (χ2n) is 3.32.